The van der Waals surface area contributed by atoms with Gasteiger partial charge in [0.2, 0.25) is 0 Å². The predicted molar refractivity (Wildman–Crippen MR) is 45.6 cm³/mol. The summed E-state index contributed by atoms with van der Waals surface area (Å²) < 4.78 is 0. The van der Waals surface area contributed by atoms with Gasteiger partial charge < -0.3 is 10.4 Å². The molecular formula is C7H12N2OS. The fourth-order valence-corrected chi connectivity index (χ4v) is 1.57. The first-order valence-corrected chi connectivity index (χ1v) is 4.49. The molecule has 0 spiro atoms. The molecule has 0 aliphatic heterocycles. The molecule has 11 heavy (non-hydrogen) atoms. The van der Waals surface area contributed by atoms with Crippen molar-refractivity contribution in [3.63, 3.8) is 0 Å². The van der Waals surface area contributed by atoms with Crippen molar-refractivity contribution in [1.29, 1.82) is 0 Å². The average molecular weight is 172 g/mol. The number of thiazole rings is 1. The summed E-state index contributed by atoms with van der Waals surface area (Å²) in [6.07, 6.45) is 0.722. The summed E-state index contributed by atoms with van der Waals surface area (Å²) in [7, 11) is 1.87. The van der Waals surface area contributed by atoms with E-state index in [1.807, 2.05) is 12.4 Å². The van der Waals surface area contributed by atoms with Gasteiger partial charge in [0, 0.05) is 12.0 Å². The summed E-state index contributed by atoms with van der Waals surface area (Å²) >= 11 is 1.58. The zero-order valence-corrected chi connectivity index (χ0v) is 7.27. The van der Waals surface area contributed by atoms with Gasteiger partial charge >= 0.3 is 0 Å². The van der Waals surface area contributed by atoms with Crippen LogP contribution in [0.2, 0.25) is 0 Å². The third-order valence-corrected chi connectivity index (χ3v) is 2.18. The number of nitrogens with zero attached hydrogens (tertiary/aromatic N) is 1. The van der Waals surface area contributed by atoms with Crippen molar-refractivity contribution in [2.75, 3.05) is 13.7 Å². The molecule has 1 aromatic heterocycles. The fourth-order valence-electron chi connectivity index (χ4n) is 0.963. The van der Waals surface area contributed by atoms with Crippen LogP contribution in [-0.4, -0.2) is 23.7 Å². The van der Waals surface area contributed by atoms with Crippen molar-refractivity contribution in [2.45, 2.75) is 12.5 Å². The monoisotopic (exact) mass is 172 g/mol. The molecule has 0 aliphatic rings. The van der Waals surface area contributed by atoms with Crippen LogP contribution in [0, 0.1) is 0 Å². The Morgan fingerprint density at radius 2 is 2.64 bits per heavy atom. The van der Waals surface area contributed by atoms with Gasteiger partial charge in [0.15, 0.2) is 0 Å². The Balaban J connectivity index is 2.56. The van der Waals surface area contributed by atoms with Gasteiger partial charge in [0.1, 0.15) is 0 Å². The maximum atomic E-state index is 8.70. The molecule has 1 aromatic rings. The zero-order valence-electron chi connectivity index (χ0n) is 6.45. The second-order valence-electron chi connectivity index (χ2n) is 2.27. The van der Waals surface area contributed by atoms with Crippen molar-refractivity contribution in [2.24, 2.45) is 0 Å². The van der Waals surface area contributed by atoms with E-state index in [0.29, 0.717) is 0 Å². The lowest BCUT2D eigenvalue weighted by molar-refractivity contribution is 0.268. The molecule has 0 amide bonds. The molecule has 0 bridgehead atoms. The van der Waals surface area contributed by atoms with E-state index in [1.54, 1.807) is 16.8 Å². The lowest BCUT2D eigenvalue weighted by atomic mass is 10.2. The largest absolute Gasteiger partial charge is 0.396 e. The van der Waals surface area contributed by atoms with Crippen LogP contribution < -0.4 is 5.32 Å². The quantitative estimate of drug-likeness (QED) is 0.705. The number of aliphatic hydroxyl groups excluding tert-OH is 1. The molecule has 62 valence electrons. The van der Waals surface area contributed by atoms with E-state index in [4.69, 9.17) is 5.11 Å². The molecule has 0 fully saturated rings. The number of hydrogen-bond acceptors (Lipinski definition) is 4. The van der Waals surface area contributed by atoms with E-state index < -0.39 is 0 Å². The molecule has 0 saturated carbocycles. The van der Waals surface area contributed by atoms with Gasteiger partial charge in [-0.05, 0) is 13.5 Å². The number of hydrogen-bond donors (Lipinski definition) is 2. The topological polar surface area (TPSA) is 45.1 Å². The van der Waals surface area contributed by atoms with Gasteiger partial charge in [-0.25, -0.2) is 4.98 Å². The molecule has 2 N–H and O–H groups in total. The molecule has 4 heteroatoms. The lowest BCUT2D eigenvalue weighted by Gasteiger charge is -2.10. The molecular weight excluding hydrogens is 160 g/mol. The van der Waals surface area contributed by atoms with Crippen LogP contribution in [0.25, 0.3) is 0 Å². The molecule has 1 rings (SSSR count). The minimum Gasteiger partial charge on any atom is -0.396 e. The smallest absolute Gasteiger partial charge is 0.0795 e. The Hall–Kier alpha value is -0.450. The highest BCUT2D eigenvalue weighted by Crippen LogP contribution is 2.14. The summed E-state index contributed by atoms with van der Waals surface area (Å²) in [4.78, 5) is 4.15. The SMILES string of the molecule is CNC(CCO)c1cscn1. The van der Waals surface area contributed by atoms with E-state index in [9.17, 15) is 0 Å². The van der Waals surface area contributed by atoms with Crippen molar-refractivity contribution >= 4 is 11.3 Å². The Kier molecular flexibility index (Phi) is 3.48. The highest BCUT2D eigenvalue weighted by atomic mass is 32.1. The Labute approximate surface area is 70.1 Å². The van der Waals surface area contributed by atoms with E-state index in [-0.39, 0.29) is 12.6 Å². The van der Waals surface area contributed by atoms with Crippen molar-refractivity contribution in [1.82, 2.24) is 10.3 Å². The summed E-state index contributed by atoms with van der Waals surface area (Å²) in [6.45, 7) is 0.197. The van der Waals surface area contributed by atoms with Crippen LogP contribution in [0.5, 0.6) is 0 Å². The molecule has 0 aliphatic carbocycles. The third-order valence-electron chi connectivity index (χ3n) is 1.57. The molecule has 0 saturated heterocycles. The second kappa shape index (κ2) is 4.43. The van der Waals surface area contributed by atoms with Gasteiger partial charge in [-0.3, -0.25) is 0 Å². The first-order valence-electron chi connectivity index (χ1n) is 3.54. The van der Waals surface area contributed by atoms with Gasteiger partial charge in [-0.2, -0.15) is 0 Å². The average Bonchev–Trinajstić information content (AvgIpc) is 2.52. The van der Waals surface area contributed by atoms with Crippen molar-refractivity contribution < 1.29 is 5.11 Å². The molecule has 0 aromatic carbocycles. The number of aromatic nitrogens is 1. The summed E-state index contributed by atoms with van der Waals surface area (Å²) in [5, 5.41) is 13.8. The third kappa shape index (κ3) is 2.25. The molecule has 1 atom stereocenters. The first-order chi connectivity index (χ1) is 5.38. The maximum Gasteiger partial charge on any atom is 0.0795 e. The van der Waals surface area contributed by atoms with E-state index >= 15 is 0 Å². The van der Waals surface area contributed by atoms with Crippen LogP contribution in [0.4, 0.5) is 0 Å². The minimum absolute atomic E-state index is 0.197. The zero-order chi connectivity index (χ0) is 8.10. The molecule has 3 nitrogen and oxygen atoms in total. The standard InChI is InChI=1S/C7H12N2OS/c1-8-6(2-3-10)7-4-11-5-9-7/h4-6,8,10H,2-3H2,1H3. The summed E-state index contributed by atoms with van der Waals surface area (Å²) in [5.41, 5.74) is 2.82. The van der Waals surface area contributed by atoms with Crippen LogP contribution >= 0.6 is 11.3 Å². The van der Waals surface area contributed by atoms with Crippen LogP contribution in [0.15, 0.2) is 10.9 Å². The summed E-state index contributed by atoms with van der Waals surface area (Å²) in [5.74, 6) is 0. The van der Waals surface area contributed by atoms with Gasteiger partial charge in [0.25, 0.3) is 0 Å². The molecule has 0 radical (unpaired) electrons. The first kappa shape index (κ1) is 8.64. The van der Waals surface area contributed by atoms with Gasteiger partial charge in [-0.15, -0.1) is 11.3 Å². The molecule has 1 unspecified atom stereocenters. The van der Waals surface area contributed by atoms with Crippen LogP contribution in [0.3, 0.4) is 0 Å². The van der Waals surface area contributed by atoms with E-state index in [0.717, 1.165) is 12.1 Å². The minimum atomic E-state index is 0.197. The number of nitrogens with one attached hydrogen (secondary N) is 1. The second-order valence-corrected chi connectivity index (χ2v) is 2.99. The highest BCUT2D eigenvalue weighted by molar-refractivity contribution is 7.07. The van der Waals surface area contributed by atoms with E-state index in [1.165, 1.54) is 0 Å². The fraction of sp³-hybridized carbons (Fsp3) is 0.571. The van der Waals surface area contributed by atoms with Crippen LogP contribution in [-0.2, 0) is 0 Å². The summed E-state index contributed by atoms with van der Waals surface area (Å²) in [6, 6.07) is 0.200. The van der Waals surface area contributed by atoms with Crippen molar-refractivity contribution in [3.8, 4) is 0 Å². The Morgan fingerprint density at radius 1 is 1.82 bits per heavy atom. The van der Waals surface area contributed by atoms with E-state index in [2.05, 4.69) is 10.3 Å². The van der Waals surface area contributed by atoms with Gasteiger partial charge in [0.05, 0.1) is 17.2 Å². The van der Waals surface area contributed by atoms with Gasteiger partial charge in [-0.1, -0.05) is 0 Å². The number of aliphatic hydroxyl groups is 1. The lowest BCUT2D eigenvalue weighted by Crippen LogP contribution is -2.17. The normalized spacial score (nSPS) is 13.3. The maximum absolute atomic E-state index is 8.70. The number of rotatable bonds is 4. The van der Waals surface area contributed by atoms with Crippen LogP contribution in [0.1, 0.15) is 18.2 Å². The molecule has 1 heterocycles. The highest BCUT2D eigenvalue weighted by Gasteiger charge is 2.08. The van der Waals surface area contributed by atoms with Crippen molar-refractivity contribution in [3.05, 3.63) is 16.6 Å². The predicted octanol–water partition coefficient (Wildman–Crippen LogP) is 0.786. The Bertz CT molecular complexity index is 188. The Morgan fingerprint density at radius 3 is 3.09 bits per heavy atom.